The summed E-state index contributed by atoms with van der Waals surface area (Å²) in [7, 11) is 0. The third-order valence-electron chi connectivity index (χ3n) is 3.00. The molecule has 1 N–H and O–H groups in total. The molecule has 0 atom stereocenters. The molecular formula is C17H18ClNO2. The quantitative estimate of drug-likeness (QED) is 0.781. The number of unbranched alkanes of at least 4 members (excludes halogenated alkanes) is 1. The Morgan fingerprint density at radius 3 is 2.52 bits per heavy atom. The van der Waals surface area contributed by atoms with Gasteiger partial charge in [0.25, 0.3) is 5.91 Å². The van der Waals surface area contributed by atoms with Crippen LogP contribution in [0.5, 0.6) is 5.75 Å². The fourth-order valence-corrected chi connectivity index (χ4v) is 2.03. The molecule has 0 heterocycles. The maximum Gasteiger partial charge on any atom is 0.257 e. The lowest BCUT2D eigenvalue weighted by molar-refractivity contribution is 0.102. The minimum Gasteiger partial charge on any atom is -0.494 e. The number of carbonyl (C=O) groups excluding carboxylic acids is 1. The van der Waals surface area contributed by atoms with E-state index >= 15 is 0 Å². The summed E-state index contributed by atoms with van der Waals surface area (Å²) in [6, 6.07) is 14.3. The average molecular weight is 304 g/mol. The van der Waals surface area contributed by atoms with Crippen LogP contribution in [0.2, 0.25) is 5.02 Å². The number of hydrogen-bond acceptors (Lipinski definition) is 2. The van der Waals surface area contributed by atoms with E-state index in [1.54, 1.807) is 24.3 Å². The largest absolute Gasteiger partial charge is 0.494 e. The van der Waals surface area contributed by atoms with Crippen molar-refractivity contribution in [3.05, 3.63) is 59.1 Å². The number of benzene rings is 2. The Morgan fingerprint density at radius 1 is 1.14 bits per heavy atom. The van der Waals surface area contributed by atoms with Crippen LogP contribution < -0.4 is 10.1 Å². The Morgan fingerprint density at radius 2 is 1.86 bits per heavy atom. The number of hydrogen-bond donors (Lipinski definition) is 1. The zero-order valence-electron chi connectivity index (χ0n) is 11.9. The second kappa shape index (κ2) is 7.70. The van der Waals surface area contributed by atoms with E-state index in [9.17, 15) is 4.79 Å². The molecule has 2 aromatic rings. The number of carbonyl (C=O) groups is 1. The van der Waals surface area contributed by atoms with Crippen molar-refractivity contribution < 1.29 is 9.53 Å². The van der Waals surface area contributed by atoms with Crippen molar-refractivity contribution in [2.75, 3.05) is 11.9 Å². The van der Waals surface area contributed by atoms with Gasteiger partial charge in [0.2, 0.25) is 0 Å². The van der Waals surface area contributed by atoms with E-state index in [4.69, 9.17) is 16.3 Å². The van der Waals surface area contributed by atoms with Crippen LogP contribution in [0.15, 0.2) is 48.5 Å². The maximum atomic E-state index is 12.1. The summed E-state index contributed by atoms with van der Waals surface area (Å²) in [6.07, 6.45) is 2.14. The van der Waals surface area contributed by atoms with E-state index in [-0.39, 0.29) is 5.91 Å². The van der Waals surface area contributed by atoms with Crippen molar-refractivity contribution in [2.45, 2.75) is 19.8 Å². The van der Waals surface area contributed by atoms with Gasteiger partial charge < -0.3 is 10.1 Å². The van der Waals surface area contributed by atoms with Crippen LogP contribution in [0, 0.1) is 0 Å². The lowest BCUT2D eigenvalue weighted by Crippen LogP contribution is -2.12. The van der Waals surface area contributed by atoms with Gasteiger partial charge in [0.05, 0.1) is 17.2 Å². The van der Waals surface area contributed by atoms with Crippen LogP contribution in [-0.4, -0.2) is 12.5 Å². The third-order valence-corrected chi connectivity index (χ3v) is 3.33. The Balaban J connectivity index is 1.97. The van der Waals surface area contributed by atoms with Crippen LogP contribution in [0.3, 0.4) is 0 Å². The fourth-order valence-electron chi connectivity index (χ4n) is 1.81. The van der Waals surface area contributed by atoms with Gasteiger partial charge in [-0.05, 0) is 42.8 Å². The highest BCUT2D eigenvalue weighted by atomic mass is 35.5. The summed E-state index contributed by atoms with van der Waals surface area (Å²) < 4.78 is 5.58. The lowest BCUT2D eigenvalue weighted by Gasteiger charge is -2.08. The van der Waals surface area contributed by atoms with Crippen LogP contribution in [-0.2, 0) is 0 Å². The molecule has 0 aliphatic heterocycles. The molecule has 0 saturated carbocycles. The van der Waals surface area contributed by atoms with E-state index in [0.29, 0.717) is 22.9 Å². The van der Waals surface area contributed by atoms with Gasteiger partial charge in [-0.25, -0.2) is 0 Å². The van der Waals surface area contributed by atoms with Crippen molar-refractivity contribution in [3.8, 4) is 5.75 Å². The molecule has 0 saturated heterocycles. The molecule has 110 valence electrons. The van der Waals surface area contributed by atoms with E-state index in [2.05, 4.69) is 12.2 Å². The second-order valence-electron chi connectivity index (χ2n) is 4.66. The summed E-state index contributed by atoms with van der Waals surface area (Å²) in [4.78, 5) is 12.1. The van der Waals surface area contributed by atoms with Crippen molar-refractivity contribution in [2.24, 2.45) is 0 Å². The summed E-state index contributed by atoms with van der Waals surface area (Å²) >= 11 is 6.00. The van der Waals surface area contributed by atoms with Gasteiger partial charge in [-0.3, -0.25) is 4.79 Å². The molecule has 0 spiro atoms. The number of rotatable bonds is 6. The van der Waals surface area contributed by atoms with E-state index < -0.39 is 0 Å². The Kier molecular flexibility index (Phi) is 5.64. The molecule has 2 aromatic carbocycles. The zero-order valence-corrected chi connectivity index (χ0v) is 12.7. The SMILES string of the molecule is CCCCOc1ccc(NC(=O)c2ccccc2Cl)cc1. The topological polar surface area (TPSA) is 38.3 Å². The van der Waals surface area contributed by atoms with Gasteiger partial charge >= 0.3 is 0 Å². The molecule has 0 fully saturated rings. The predicted molar refractivity (Wildman–Crippen MR) is 86.3 cm³/mol. The first kappa shape index (κ1) is 15.4. The summed E-state index contributed by atoms with van der Waals surface area (Å²) in [5, 5.41) is 3.25. The van der Waals surface area contributed by atoms with Crippen molar-refractivity contribution in [1.82, 2.24) is 0 Å². The van der Waals surface area contributed by atoms with Gasteiger partial charge in [0, 0.05) is 5.69 Å². The summed E-state index contributed by atoms with van der Waals surface area (Å²) in [5.41, 5.74) is 1.17. The predicted octanol–water partition coefficient (Wildman–Crippen LogP) is 4.77. The first-order valence-corrected chi connectivity index (χ1v) is 7.37. The zero-order chi connectivity index (χ0) is 15.1. The van der Waals surface area contributed by atoms with Crippen molar-refractivity contribution in [3.63, 3.8) is 0 Å². The van der Waals surface area contributed by atoms with Crippen LogP contribution >= 0.6 is 11.6 Å². The highest BCUT2D eigenvalue weighted by molar-refractivity contribution is 6.34. The van der Waals surface area contributed by atoms with E-state index in [0.717, 1.165) is 18.6 Å². The fraction of sp³-hybridized carbons (Fsp3) is 0.235. The molecule has 0 aromatic heterocycles. The lowest BCUT2D eigenvalue weighted by atomic mass is 10.2. The van der Waals surface area contributed by atoms with Crippen LogP contribution in [0.25, 0.3) is 0 Å². The molecule has 0 aliphatic carbocycles. The Labute approximate surface area is 129 Å². The van der Waals surface area contributed by atoms with Crippen molar-refractivity contribution >= 4 is 23.2 Å². The number of anilines is 1. The van der Waals surface area contributed by atoms with E-state index in [1.165, 1.54) is 0 Å². The normalized spacial score (nSPS) is 10.2. The third kappa shape index (κ3) is 4.50. The Bertz CT molecular complexity index is 596. The molecule has 0 radical (unpaired) electrons. The summed E-state index contributed by atoms with van der Waals surface area (Å²) in [6.45, 7) is 2.83. The number of ether oxygens (including phenoxy) is 1. The van der Waals surface area contributed by atoms with Crippen molar-refractivity contribution in [1.29, 1.82) is 0 Å². The summed E-state index contributed by atoms with van der Waals surface area (Å²) in [5.74, 6) is 0.583. The highest BCUT2D eigenvalue weighted by Crippen LogP contribution is 2.19. The van der Waals surface area contributed by atoms with Gasteiger partial charge in [0.15, 0.2) is 0 Å². The molecule has 3 nitrogen and oxygen atoms in total. The molecule has 0 aliphatic rings. The molecule has 1 amide bonds. The maximum absolute atomic E-state index is 12.1. The van der Waals surface area contributed by atoms with Gasteiger partial charge in [-0.1, -0.05) is 37.1 Å². The number of amides is 1. The van der Waals surface area contributed by atoms with Gasteiger partial charge in [-0.15, -0.1) is 0 Å². The minimum atomic E-state index is -0.222. The number of halogens is 1. The minimum absolute atomic E-state index is 0.222. The number of nitrogens with one attached hydrogen (secondary N) is 1. The molecule has 4 heteroatoms. The van der Waals surface area contributed by atoms with Crippen LogP contribution in [0.1, 0.15) is 30.1 Å². The van der Waals surface area contributed by atoms with Gasteiger partial charge in [0.1, 0.15) is 5.75 Å². The molecule has 0 bridgehead atoms. The second-order valence-corrected chi connectivity index (χ2v) is 5.07. The monoisotopic (exact) mass is 303 g/mol. The first-order valence-electron chi connectivity index (χ1n) is 6.99. The molecule has 0 unspecified atom stereocenters. The smallest absolute Gasteiger partial charge is 0.257 e. The average Bonchev–Trinajstić information content (AvgIpc) is 2.49. The molecular weight excluding hydrogens is 286 g/mol. The van der Waals surface area contributed by atoms with Gasteiger partial charge in [-0.2, -0.15) is 0 Å². The first-order chi connectivity index (χ1) is 10.2. The van der Waals surface area contributed by atoms with E-state index in [1.807, 2.05) is 24.3 Å². The highest BCUT2D eigenvalue weighted by Gasteiger charge is 2.09. The molecule has 2 rings (SSSR count). The molecule has 21 heavy (non-hydrogen) atoms. The standard InChI is InChI=1S/C17H18ClNO2/c1-2-3-12-21-14-10-8-13(9-11-14)19-17(20)15-6-4-5-7-16(15)18/h4-11H,2-3,12H2,1H3,(H,19,20). The Hall–Kier alpha value is -2.00. The van der Waals surface area contributed by atoms with Crippen LogP contribution in [0.4, 0.5) is 5.69 Å².